The van der Waals surface area contributed by atoms with Gasteiger partial charge in [-0.15, -0.1) is 0 Å². The highest BCUT2D eigenvalue weighted by molar-refractivity contribution is 6.00. The number of hydrogen-bond donors (Lipinski definition) is 0. The molecular formula is C17H22N2O3. The highest BCUT2D eigenvalue weighted by atomic mass is 16.5. The predicted molar refractivity (Wildman–Crippen MR) is 83.5 cm³/mol. The van der Waals surface area contributed by atoms with E-state index in [1.165, 1.54) is 0 Å². The third-order valence-corrected chi connectivity index (χ3v) is 4.63. The van der Waals surface area contributed by atoms with Crippen molar-refractivity contribution in [1.29, 1.82) is 0 Å². The number of ether oxygens (including phenoxy) is 1. The molecule has 2 aliphatic rings. The fourth-order valence-electron chi connectivity index (χ4n) is 3.30. The molecule has 1 aromatic carbocycles. The molecule has 0 radical (unpaired) electrons. The second-order valence-electron chi connectivity index (χ2n) is 6.00. The number of likely N-dealkylation sites (tertiary alicyclic amines) is 1. The zero-order chi connectivity index (χ0) is 15.5. The Morgan fingerprint density at radius 3 is 2.50 bits per heavy atom. The Morgan fingerprint density at radius 1 is 1.18 bits per heavy atom. The summed E-state index contributed by atoms with van der Waals surface area (Å²) in [6.07, 6.45) is 2.34. The molecule has 1 aromatic rings. The molecule has 2 amide bonds. The van der Waals surface area contributed by atoms with Crippen LogP contribution in [0.25, 0.3) is 0 Å². The number of rotatable bonds is 3. The van der Waals surface area contributed by atoms with Gasteiger partial charge >= 0.3 is 0 Å². The average molecular weight is 302 g/mol. The van der Waals surface area contributed by atoms with Gasteiger partial charge in [-0.2, -0.15) is 0 Å². The quantitative estimate of drug-likeness (QED) is 0.853. The minimum absolute atomic E-state index is 0.0383. The predicted octanol–water partition coefficient (Wildman–Crippen LogP) is 1.68. The van der Waals surface area contributed by atoms with Gasteiger partial charge < -0.3 is 14.5 Å². The number of carbonyl (C=O) groups excluding carboxylic acids is 2. The van der Waals surface area contributed by atoms with Gasteiger partial charge in [0.25, 0.3) is 0 Å². The van der Waals surface area contributed by atoms with Crippen molar-refractivity contribution >= 4 is 17.5 Å². The number of para-hydroxylation sites is 1. The highest BCUT2D eigenvalue weighted by Gasteiger charge is 2.37. The van der Waals surface area contributed by atoms with Gasteiger partial charge in [0, 0.05) is 38.9 Å². The molecule has 1 atom stereocenters. The Morgan fingerprint density at radius 2 is 1.86 bits per heavy atom. The number of methoxy groups -OCH3 is 1. The zero-order valence-corrected chi connectivity index (χ0v) is 12.9. The second-order valence-corrected chi connectivity index (χ2v) is 6.00. The van der Waals surface area contributed by atoms with E-state index in [-0.39, 0.29) is 23.8 Å². The number of carbonyl (C=O) groups is 2. The van der Waals surface area contributed by atoms with Gasteiger partial charge in [0.15, 0.2) is 0 Å². The Kier molecular flexibility index (Phi) is 4.43. The molecule has 5 heteroatoms. The summed E-state index contributed by atoms with van der Waals surface area (Å²) in [5, 5.41) is 0. The summed E-state index contributed by atoms with van der Waals surface area (Å²) >= 11 is 0. The Balaban J connectivity index is 1.62. The SMILES string of the molecule is COC1CCN(C(=O)C2CC(=O)N(c3ccccc3)C2)CC1. The first-order valence-electron chi connectivity index (χ1n) is 7.86. The van der Waals surface area contributed by atoms with Crippen LogP contribution in [0.1, 0.15) is 19.3 Å². The van der Waals surface area contributed by atoms with Crippen molar-refractivity contribution in [2.24, 2.45) is 5.92 Å². The third kappa shape index (κ3) is 2.99. The molecule has 2 saturated heterocycles. The van der Waals surface area contributed by atoms with E-state index in [1.807, 2.05) is 35.2 Å². The fourth-order valence-corrected chi connectivity index (χ4v) is 3.30. The Bertz CT molecular complexity index is 538. The fraction of sp³-hybridized carbons (Fsp3) is 0.529. The van der Waals surface area contributed by atoms with Gasteiger partial charge in [-0.3, -0.25) is 9.59 Å². The molecule has 2 fully saturated rings. The van der Waals surface area contributed by atoms with Crippen LogP contribution in [0.3, 0.4) is 0 Å². The smallest absolute Gasteiger partial charge is 0.228 e. The normalized spacial score (nSPS) is 23.1. The molecule has 2 aliphatic heterocycles. The summed E-state index contributed by atoms with van der Waals surface area (Å²) in [7, 11) is 1.72. The van der Waals surface area contributed by atoms with E-state index in [9.17, 15) is 9.59 Å². The topological polar surface area (TPSA) is 49.9 Å². The first-order valence-corrected chi connectivity index (χ1v) is 7.86. The molecule has 0 N–H and O–H groups in total. The molecule has 1 unspecified atom stereocenters. The summed E-state index contributed by atoms with van der Waals surface area (Å²) < 4.78 is 5.34. The number of piperidine rings is 1. The van der Waals surface area contributed by atoms with Crippen LogP contribution >= 0.6 is 0 Å². The number of hydrogen-bond acceptors (Lipinski definition) is 3. The number of nitrogens with zero attached hydrogens (tertiary/aromatic N) is 2. The van der Waals surface area contributed by atoms with Gasteiger partial charge in [0.2, 0.25) is 11.8 Å². The molecule has 0 aromatic heterocycles. The van der Waals surface area contributed by atoms with Crippen LogP contribution < -0.4 is 4.90 Å². The van der Waals surface area contributed by atoms with Crippen molar-refractivity contribution in [3.63, 3.8) is 0 Å². The molecule has 22 heavy (non-hydrogen) atoms. The first-order chi connectivity index (χ1) is 10.7. The van der Waals surface area contributed by atoms with Crippen molar-refractivity contribution in [1.82, 2.24) is 4.90 Å². The van der Waals surface area contributed by atoms with Gasteiger partial charge in [-0.1, -0.05) is 18.2 Å². The molecule has 2 heterocycles. The maximum absolute atomic E-state index is 12.6. The van der Waals surface area contributed by atoms with Crippen LogP contribution in [0.5, 0.6) is 0 Å². The van der Waals surface area contributed by atoms with Crippen LogP contribution in [0.2, 0.25) is 0 Å². The van der Waals surface area contributed by atoms with Gasteiger partial charge in [0.1, 0.15) is 0 Å². The Labute approximate surface area is 130 Å². The standard InChI is InChI=1S/C17H22N2O3/c1-22-15-7-9-18(10-8-15)17(21)13-11-16(20)19(12-13)14-5-3-2-4-6-14/h2-6,13,15H,7-12H2,1H3. The molecule has 0 aliphatic carbocycles. The molecule has 0 spiro atoms. The maximum atomic E-state index is 12.6. The highest BCUT2D eigenvalue weighted by Crippen LogP contribution is 2.27. The summed E-state index contributed by atoms with van der Waals surface area (Å²) in [6.45, 7) is 1.95. The maximum Gasteiger partial charge on any atom is 0.228 e. The van der Waals surface area contributed by atoms with Gasteiger partial charge in [0.05, 0.1) is 12.0 Å². The average Bonchev–Trinajstić information content (AvgIpc) is 2.97. The van der Waals surface area contributed by atoms with Crippen LogP contribution in [-0.2, 0) is 14.3 Å². The molecule has 0 bridgehead atoms. The van der Waals surface area contributed by atoms with Gasteiger partial charge in [-0.05, 0) is 25.0 Å². The lowest BCUT2D eigenvalue weighted by Gasteiger charge is -2.32. The lowest BCUT2D eigenvalue weighted by atomic mass is 10.0. The van der Waals surface area contributed by atoms with Crippen LogP contribution in [0.15, 0.2) is 30.3 Å². The van der Waals surface area contributed by atoms with Crippen molar-refractivity contribution < 1.29 is 14.3 Å². The monoisotopic (exact) mass is 302 g/mol. The van der Waals surface area contributed by atoms with Gasteiger partial charge in [-0.25, -0.2) is 0 Å². The first kappa shape index (κ1) is 15.0. The molecule has 0 saturated carbocycles. The molecule has 118 valence electrons. The summed E-state index contributed by atoms with van der Waals surface area (Å²) in [5.41, 5.74) is 0.876. The van der Waals surface area contributed by atoms with E-state index in [0.29, 0.717) is 13.0 Å². The van der Waals surface area contributed by atoms with E-state index in [4.69, 9.17) is 4.74 Å². The molecule has 5 nitrogen and oxygen atoms in total. The van der Waals surface area contributed by atoms with E-state index in [0.717, 1.165) is 31.6 Å². The zero-order valence-electron chi connectivity index (χ0n) is 12.9. The second kappa shape index (κ2) is 6.48. The molecule has 3 rings (SSSR count). The molecular weight excluding hydrogens is 280 g/mol. The van der Waals surface area contributed by atoms with E-state index in [2.05, 4.69) is 0 Å². The minimum Gasteiger partial charge on any atom is -0.381 e. The van der Waals surface area contributed by atoms with E-state index < -0.39 is 0 Å². The number of amides is 2. The lowest BCUT2D eigenvalue weighted by Crippen LogP contribution is -2.44. The van der Waals surface area contributed by atoms with E-state index >= 15 is 0 Å². The van der Waals surface area contributed by atoms with Crippen molar-refractivity contribution in [2.45, 2.75) is 25.4 Å². The summed E-state index contributed by atoms with van der Waals surface area (Å²) in [6, 6.07) is 9.57. The van der Waals surface area contributed by atoms with Crippen molar-refractivity contribution in [2.75, 3.05) is 31.6 Å². The Hall–Kier alpha value is -1.88. The van der Waals surface area contributed by atoms with Crippen LogP contribution in [-0.4, -0.2) is 49.6 Å². The van der Waals surface area contributed by atoms with Crippen molar-refractivity contribution in [3.8, 4) is 0 Å². The lowest BCUT2D eigenvalue weighted by molar-refractivity contribution is -0.138. The largest absolute Gasteiger partial charge is 0.381 e. The van der Waals surface area contributed by atoms with Crippen LogP contribution in [0, 0.1) is 5.92 Å². The third-order valence-electron chi connectivity index (χ3n) is 4.63. The van der Waals surface area contributed by atoms with Crippen molar-refractivity contribution in [3.05, 3.63) is 30.3 Å². The number of anilines is 1. The summed E-state index contributed by atoms with van der Waals surface area (Å²) in [5.74, 6) is -0.0653. The van der Waals surface area contributed by atoms with E-state index in [1.54, 1.807) is 12.0 Å². The minimum atomic E-state index is -0.216. The van der Waals surface area contributed by atoms with Crippen LogP contribution in [0.4, 0.5) is 5.69 Å². The summed E-state index contributed by atoms with van der Waals surface area (Å²) in [4.78, 5) is 28.4. The number of benzene rings is 1.